The molecule has 0 spiro atoms. The molecule has 3 aromatic rings. The molecule has 0 unspecified atom stereocenters. The van der Waals surface area contributed by atoms with E-state index >= 15 is 0 Å². The van der Waals surface area contributed by atoms with Gasteiger partial charge in [-0.05, 0) is 56.2 Å². The zero-order valence-electron chi connectivity index (χ0n) is 18.9. The van der Waals surface area contributed by atoms with Crippen LogP contribution in [0.15, 0.2) is 41.3 Å². The average molecular weight is 527 g/mol. The number of aryl methyl sites for hydroxylation is 2. The summed E-state index contributed by atoms with van der Waals surface area (Å²) >= 11 is 12.6. The number of aliphatic hydroxyl groups excluding tert-OH is 1. The minimum absolute atomic E-state index is 0.178. The summed E-state index contributed by atoms with van der Waals surface area (Å²) < 4.78 is 25.0. The molecule has 1 aromatic heterocycles. The van der Waals surface area contributed by atoms with Crippen LogP contribution in [0.1, 0.15) is 41.5 Å². The summed E-state index contributed by atoms with van der Waals surface area (Å²) in [7, 11) is -2.45. The van der Waals surface area contributed by atoms with E-state index in [-0.39, 0.29) is 4.90 Å². The second kappa shape index (κ2) is 9.22. The Labute approximate surface area is 207 Å². The van der Waals surface area contributed by atoms with Crippen LogP contribution in [-0.4, -0.2) is 46.4 Å². The fourth-order valence-electron chi connectivity index (χ4n) is 3.50. The Hall–Kier alpha value is -2.59. The molecular formula is C23H24Cl2N2O6S. The Morgan fingerprint density at radius 2 is 1.71 bits per heavy atom. The van der Waals surface area contributed by atoms with Crippen molar-refractivity contribution in [3.63, 3.8) is 0 Å². The molecule has 34 heavy (non-hydrogen) atoms. The third-order valence-corrected chi connectivity index (χ3v) is 9.30. The second-order valence-corrected chi connectivity index (χ2v) is 11.7. The maximum Gasteiger partial charge on any atom is 0.324 e. The minimum Gasteiger partial charge on any atom is -0.480 e. The molecule has 0 saturated carbocycles. The maximum atomic E-state index is 13.0. The van der Waals surface area contributed by atoms with Gasteiger partial charge in [-0.2, -0.15) is 0 Å². The number of aliphatic carboxylic acids is 1. The Balaban J connectivity index is 1.90. The molecule has 182 valence electrons. The van der Waals surface area contributed by atoms with Crippen LogP contribution < -0.4 is 5.32 Å². The third kappa shape index (κ3) is 4.29. The highest BCUT2D eigenvalue weighted by Crippen LogP contribution is 2.35. The van der Waals surface area contributed by atoms with Gasteiger partial charge in [0, 0.05) is 12.4 Å². The van der Waals surface area contributed by atoms with E-state index in [0.717, 1.165) is 19.4 Å². The number of hydrogen-bond donors (Lipinski definition) is 3. The zero-order valence-corrected chi connectivity index (χ0v) is 21.2. The predicted molar refractivity (Wildman–Crippen MR) is 130 cm³/mol. The molecule has 3 rings (SSSR count). The number of nitrogens with one attached hydrogen (secondary N) is 1. The van der Waals surface area contributed by atoms with Gasteiger partial charge in [0.1, 0.15) is 5.69 Å². The molecule has 0 radical (unpaired) electrons. The number of carboxylic acids is 1. The van der Waals surface area contributed by atoms with Gasteiger partial charge in [0.2, 0.25) is 0 Å². The van der Waals surface area contributed by atoms with Gasteiger partial charge in [0.25, 0.3) is 5.91 Å². The van der Waals surface area contributed by atoms with Crippen molar-refractivity contribution in [2.45, 2.75) is 36.5 Å². The minimum atomic E-state index is -4.16. The van der Waals surface area contributed by atoms with Gasteiger partial charge in [-0.25, -0.2) is 8.42 Å². The van der Waals surface area contributed by atoms with Crippen LogP contribution in [0, 0.1) is 6.92 Å². The number of nitrogens with zero attached hydrogens (tertiary/aromatic N) is 1. The molecule has 1 heterocycles. The largest absolute Gasteiger partial charge is 0.480 e. The first-order valence-corrected chi connectivity index (χ1v) is 12.4. The van der Waals surface area contributed by atoms with Crippen LogP contribution >= 0.6 is 23.2 Å². The predicted octanol–water partition coefficient (Wildman–Crippen LogP) is 3.89. The van der Waals surface area contributed by atoms with Gasteiger partial charge in [0.15, 0.2) is 14.6 Å². The van der Waals surface area contributed by atoms with Crippen LogP contribution in [0.3, 0.4) is 0 Å². The molecule has 3 N–H and O–H groups in total. The smallest absolute Gasteiger partial charge is 0.324 e. The summed E-state index contributed by atoms with van der Waals surface area (Å²) in [5.41, 5.74) is 2.22. The molecule has 0 aliphatic heterocycles. The summed E-state index contributed by atoms with van der Waals surface area (Å²) in [6.07, 6.45) is 0. The summed E-state index contributed by atoms with van der Waals surface area (Å²) in [5, 5.41) is 23.2. The molecule has 1 atom stereocenters. The average Bonchev–Trinajstić information content (AvgIpc) is 3.12. The molecule has 1 amide bonds. The SMILES string of the molecule is Cc1cc2c(cc(C(=O)N[C@H](CO)c3ccc(S(=O)(=O)C(C)(C)C(=O)O)cc3)n2C)c(Cl)c1Cl. The monoisotopic (exact) mass is 526 g/mol. The third-order valence-electron chi connectivity index (χ3n) is 5.91. The first-order valence-electron chi connectivity index (χ1n) is 10.2. The zero-order chi connectivity index (χ0) is 25.6. The van der Waals surface area contributed by atoms with Crippen molar-refractivity contribution in [3.05, 3.63) is 63.3 Å². The van der Waals surface area contributed by atoms with Crippen LogP contribution in [0.25, 0.3) is 10.9 Å². The number of aromatic nitrogens is 1. The number of rotatable bonds is 7. The van der Waals surface area contributed by atoms with Crippen molar-refractivity contribution >= 4 is 55.8 Å². The van der Waals surface area contributed by atoms with Gasteiger partial charge in [-0.3, -0.25) is 9.59 Å². The lowest BCUT2D eigenvalue weighted by molar-refractivity contribution is -0.139. The number of aliphatic hydroxyl groups is 1. The van der Waals surface area contributed by atoms with E-state index in [0.29, 0.717) is 32.2 Å². The van der Waals surface area contributed by atoms with Crippen molar-refractivity contribution in [2.24, 2.45) is 7.05 Å². The lowest BCUT2D eigenvalue weighted by Gasteiger charge is -2.21. The quantitative estimate of drug-likeness (QED) is 0.428. The normalized spacial score (nSPS) is 13.1. The Kier molecular flexibility index (Phi) is 7.06. The molecule has 0 aliphatic carbocycles. The molecule has 11 heteroatoms. The second-order valence-electron chi connectivity index (χ2n) is 8.44. The lowest BCUT2D eigenvalue weighted by atomic mass is 10.1. The molecule has 0 aliphatic rings. The first-order chi connectivity index (χ1) is 15.7. The summed E-state index contributed by atoms with van der Waals surface area (Å²) in [6, 6.07) is 7.95. The number of amides is 1. The number of hydrogen-bond acceptors (Lipinski definition) is 5. The van der Waals surface area contributed by atoms with Crippen molar-refractivity contribution in [1.82, 2.24) is 9.88 Å². The van der Waals surface area contributed by atoms with Crippen LogP contribution in [0.5, 0.6) is 0 Å². The van der Waals surface area contributed by atoms with Gasteiger partial charge in [-0.15, -0.1) is 0 Å². The highest BCUT2D eigenvalue weighted by atomic mass is 35.5. The number of halogens is 2. The molecule has 2 aromatic carbocycles. The molecule has 0 saturated heterocycles. The number of benzene rings is 2. The first kappa shape index (κ1) is 26.0. The van der Waals surface area contributed by atoms with E-state index in [1.807, 2.05) is 13.0 Å². The fourth-order valence-corrected chi connectivity index (χ4v) is 5.27. The highest BCUT2D eigenvalue weighted by Gasteiger charge is 2.43. The number of carbonyl (C=O) groups is 2. The topological polar surface area (TPSA) is 126 Å². The van der Waals surface area contributed by atoms with E-state index in [1.54, 1.807) is 17.7 Å². The van der Waals surface area contributed by atoms with Crippen molar-refractivity contribution < 1.29 is 28.2 Å². The Morgan fingerprint density at radius 3 is 2.24 bits per heavy atom. The Morgan fingerprint density at radius 1 is 1.12 bits per heavy atom. The van der Waals surface area contributed by atoms with Crippen molar-refractivity contribution in [2.75, 3.05) is 6.61 Å². The fraction of sp³-hybridized carbons (Fsp3) is 0.304. The maximum absolute atomic E-state index is 13.0. The molecular weight excluding hydrogens is 503 g/mol. The summed E-state index contributed by atoms with van der Waals surface area (Å²) in [5.74, 6) is -1.95. The molecule has 8 nitrogen and oxygen atoms in total. The Bertz CT molecular complexity index is 1400. The number of sulfone groups is 1. The highest BCUT2D eigenvalue weighted by molar-refractivity contribution is 7.93. The van der Waals surface area contributed by atoms with E-state index in [1.165, 1.54) is 24.3 Å². The molecule has 0 fully saturated rings. The van der Waals surface area contributed by atoms with Crippen LogP contribution in [0.4, 0.5) is 0 Å². The van der Waals surface area contributed by atoms with E-state index < -0.39 is 39.1 Å². The van der Waals surface area contributed by atoms with Gasteiger partial charge in [0.05, 0.1) is 33.1 Å². The lowest BCUT2D eigenvalue weighted by Crippen LogP contribution is -2.40. The number of carbonyl (C=O) groups excluding carboxylic acids is 1. The van der Waals surface area contributed by atoms with Crippen molar-refractivity contribution in [1.29, 1.82) is 0 Å². The van der Waals surface area contributed by atoms with Gasteiger partial charge < -0.3 is 20.1 Å². The summed E-state index contributed by atoms with van der Waals surface area (Å²) in [4.78, 5) is 24.2. The van der Waals surface area contributed by atoms with E-state index in [9.17, 15) is 28.2 Å². The van der Waals surface area contributed by atoms with E-state index in [2.05, 4.69) is 5.32 Å². The van der Waals surface area contributed by atoms with Crippen molar-refractivity contribution in [3.8, 4) is 0 Å². The summed E-state index contributed by atoms with van der Waals surface area (Å²) in [6.45, 7) is 3.58. The standard InChI is InChI=1S/C23H24Cl2N2O6S/c1-12-9-17-15(20(25)19(12)24)10-18(27(17)4)21(29)26-16(11-28)13-5-7-14(8-6-13)34(32,33)23(2,3)22(30)31/h5-10,16,28H,11H2,1-4H3,(H,26,29)(H,30,31)/t16-/m1/s1. The van der Waals surface area contributed by atoms with Gasteiger partial charge >= 0.3 is 5.97 Å². The number of fused-ring (bicyclic) bond motifs is 1. The molecule has 0 bridgehead atoms. The number of carboxylic acid groups (broad SMARTS) is 1. The van der Waals surface area contributed by atoms with E-state index in [4.69, 9.17) is 23.2 Å². The van der Waals surface area contributed by atoms with Gasteiger partial charge in [-0.1, -0.05) is 35.3 Å². The van der Waals surface area contributed by atoms with Crippen LogP contribution in [0.2, 0.25) is 10.0 Å². The van der Waals surface area contributed by atoms with Crippen LogP contribution in [-0.2, 0) is 21.7 Å².